The number of carbonyl (C=O) groups is 2. The van der Waals surface area contributed by atoms with Crippen LogP contribution < -0.4 is 4.90 Å². The van der Waals surface area contributed by atoms with Gasteiger partial charge in [0.15, 0.2) is 5.78 Å². The van der Waals surface area contributed by atoms with Gasteiger partial charge >= 0.3 is 0 Å². The highest BCUT2D eigenvalue weighted by Gasteiger charge is 2.26. The maximum atomic E-state index is 14.5. The zero-order chi connectivity index (χ0) is 23.0. The van der Waals surface area contributed by atoms with Gasteiger partial charge in [0.1, 0.15) is 5.82 Å². The Bertz CT molecular complexity index is 1180. The normalized spacial score (nSPS) is 14.0. The fourth-order valence-corrected chi connectivity index (χ4v) is 4.53. The molecule has 0 unspecified atom stereocenters. The number of nitrogens with zero attached hydrogens (tertiary/aromatic N) is 3. The molecule has 4 rings (SSSR count). The van der Waals surface area contributed by atoms with Crippen molar-refractivity contribution < 1.29 is 14.0 Å². The van der Waals surface area contributed by atoms with Gasteiger partial charge in [-0.15, -0.1) is 0 Å². The number of aryl methyl sites for hydroxylation is 1. The second kappa shape index (κ2) is 8.90. The van der Waals surface area contributed by atoms with Crippen LogP contribution in [0.1, 0.15) is 39.0 Å². The lowest BCUT2D eigenvalue weighted by atomic mass is 10.1. The Balaban J connectivity index is 1.49. The maximum Gasteiger partial charge on any atom is 0.255 e. The molecule has 0 bridgehead atoms. The summed E-state index contributed by atoms with van der Waals surface area (Å²) >= 11 is 3.46. The zero-order valence-electron chi connectivity index (χ0n) is 18.4. The van der Waals surface area contributed by atoms with Crippen molar-refractivity contribution in [1.82, 2.24) is 9.47 Å². The number of rotatable bonds is 4. The minimum atomic E-state index is -0.407. The number of hydrogen-bond donors (Lipinski definition) is 0. The van der Waals surface area contributed by atoms with Gasteiger partial charge in [0.25, 0.3) is 5.91 Å². The van der Waals surface area contributed by atoms with E-state index in [2.05, 4.69) is 20.5 Å². The SMILES string of the molecule is CC(=O)c1ccc(N2CCN(C(=O)c3cc(C)n(-c4ccc(Br)cc4)c3C)CC2)c(F)c1. The summed E-state index contributed by atoms with van der Waals surface area (Å²) in [7, 11) is 0. The van der Waals surface area contributed by atoms with Crippen molar-refractivity contribution >= 4 is 33.3 Å². The molecule has 1 aliphatic heterocycles. The van der Waals surface area contributed by atoms with Crippen LogP contribution in [-0.4, -0.2) is 47.3 Å². The molecule has 1 aromatic heterocycles. The van der Waals surface area contributed by atoms with E-state index in [1.807, 2.05) is 54.0 Å². The number of ketones is 1. The van der Waals surface area contributed by atoms with E-state index in [-0.39, 0.29) is 11.7 Å². The van der Waals surface area contributed by atoms with E-state index in [1.54, 1.807) is 12.1 Å². The summed E-state index contributed by atoms with van der Waals surface area (Å²) in [5, 5.41) is 0. The molecule has 5 nitrogen and oxygen atoms in total. The third kappa shape index (κ3) is 4.21. The van der Waals surface area contributed by atoms with E-state index in [0.29, 0.717) is 43.0 Å². The Kier molecular flexibility index (Phi) is 6.20. The Hall–Kier alpha value is -2.93. The van der Waals surface area contributed by atoms with Gasteiger partial charge in [-0.1, -0.05) is 15.9 Å². The van der Waals surface area contributed by atoms with E-state index in [9.17, 15) is 14.0 Å². The Morgan fingerprint density at radius 2 is 1.59 bits per heavy atom. The molecule has 166 valence electrons. The Labute approximate surface area is 195 Å². The summed E-state index contributed by atoms with van der Waals surface area (Å²) in [6, 6.07) is 14.5. The molecular formula is C25H25BrFN3O2. The molecule has 0 N–H and O–H groups in total. The predicted octanol–water partition coefficient (Wildman–Crippen LogP) is 5.16. The second-order valence-corrected chi connectivity index (χ2v) is 9.01. The van der Waals surface area contributed by atoms with Crippen molar-refractivity contribution in [2.45, 2.75) is 20.8 Å². The number of carbonyl (C=O) groups excluding carboxylic acids is 2. The molecule has 0 radical (unpaired) electrons. The lowest BCUT2D eigenvalue weighted by Gasteiger charge is -2.36. The van der Waals surface area contributed by atoms with Gasteiger partial charge in [0.2, 0.25) is 0 Å². The van der Waals surface area contributed by atoms with Crippen LogP contribution in [0.15, 0.2) is 53.0 Å². The molecule has 2 aromatic carbocycles. The van der Waals surface area contributed by atoms with Gasteiger partial charge in [0.05, 0.1) is 11.3 Å². The number of hydrogen-bond acceptors (Lipinski definition) is 3. The second-order valence-electron chi connectivity index (χ2n) is 8.10. The van der Waals surface area contributed by atoms with Crippen LogP contribution in [0.25, 0.3) is 5.69 Å². The number of amides is 1. The van der Waals surface area contributed by atoms with E-state index >= 15 is 0 Å². The van der Waals surface area contributed by atoms with Gasteiger partial charge < -0.3 is 14.4 Å². The van der Waals surface area contributed by atoms with Crippen LogP contribution in [0.4, 0.5) is 10.1 Å². The van der Waals surface area contributed by atoms with Crippen LogP contribution in [-0.2, 0) is 0 Å². The topological polar surface area (TPSA) is 45.6 Å². The van der Waals surface area contributed by atoms with Crippen LogP contribution in [0.3, 0.4) is 0 Å². The summed E-state index contributed by atoms with van der Waals surface area (Å²) in [5.74, 6) is -0.573. The Morgan fingerprint density at radius 1 is 0.938 bits per heavy atom. The first-order chi connectivity index (χ1) is 15.3. The molecule has 3 aromatic rings. The van der Waals surface area contributed by atoms with Crippen molar-refractivity contribution in [2.75, 3.05) is 31.1 Å². The van der Waals surface area contributed by atoms with Gasteiger partial charge in [-0.25, -0.2) is 4.39 Å². The summed E-state index contributed by atoms with van der Waals surface area (Å²) in [4.78, 5) is 28.5. The van der Waals surface area contributed by atoms with Crippen molar-refractivity contribution in [3.63, 3.8) is 0 Å². The highest BCUT2D eigenvalue weighted by atomic mass is 79.9. The molecule has 1 saturated heterocycles. The first-order valence-corrected chi connectivity index (χ1v) is 11.3. The van der Waals surface area contributed by atoms with Crippen LogP contribution in [0, 0.1) is 19.7 Å². The van der Waals surface area contributed by atoms with Crippen LogP contribution >= 0.6 is 15.9 Å². The molecule has 0 atom stereocenters. The van der Waals surface area contributed by atoms with Crippen LogP contribution in [0.2, 0.25) is 0 Å². The molecule has 0 spiro atoms. The van der Waals surface area contributed by atoms with Crippen molar-refractivity contribution in [3.05, 3.63) is 81.3 Å². The summed E-state index contributed by atoms with van der Waals surface area (Å²) in [5.41, 5.74) is 4.44. The zero-order valence-corrected chi connectivity index (χ0v) is 19.9. The van der Waals surface area contributed by atoms with E-state index in [1.165, 1.54) is 13.0 Å². The smallest absolute Gasteiger partial charge is 0.255 e. The fraction of sp³-hybridized carbons (Fsp3) is 0.280. The number of aromatic nitrogens is 1. The van der Waals surface area contributed by atoms with Crippen LogP contribution in [0.5, 0.6) is 0 Å². The van der Waals surface area contributed by atoms with E-state index in [4.69, 9.17) is 0 Å². The van der Waals surface area contributed by atoms with Gasteiger partial charge in [-0.2, -0.15) is 0 Å². The minimum Gasteiger partial charge on any atom is -0.366 e. The molecular weight excluding hydrogens is 473 g/mol. The number of halogens is 2. The third-order valence-electron chi connectivity index (χ3n) is 6.01. The summed E-state index contributed by atoms with van der Waals surface area (Å²) < 4.78 is 17.6. The fourth-order valence-electron chi connectivity index (χ4n) is 4.27. The number of piperazine rings is 1. The first-order valence-electron chi connectivity index (χ1n) is 10.6. The van der Waals surface area contributed by atoms with E-state index < -0.39 is 5.82 Å². The molecule has 7 heteroatoms. The highest BCUT2D eigenvalue weighted by Crippen LogP contribution is 2.26. The lowest BCUT2D eigenvalue weighted by molar-refractivity contribution is 0.0745. The highest BCUT2D eigenvalue weighted by molar-refractivity contribution is 9.10. The number of benzene rings is 2. The number of anilines is 1. The Morgan fingerprint density at radius 3 is 2.19 bits per heavy atom. The monoisotopic (exact) mass is 497 g/mol. The lowest BCUT2D eigenvalue weighted by Crippen LogP contribution is -2.49. The van der Waals surface area contributed by atoms with E-state index in [0.717, 1.165) is 21.5 Å². The summed E-state index contributed by atoms with van der Waals surface area (Å²) in [6.07, 6.45) is 0. The average molecular weight is 498 g/mol. The number of Topliss-reactive ketones (excluding diaryl/α,β-unsaturated/α-hetero) is 1. The third-order valence-corrected chi connectivity index (χ3v) is 6.54. The average Bonchev–Trinajstić information content (AvgIpc) is 3.08. The van der Waals surface area contributed by atoms with Crippen molar-refractivity contribution in [1.29, 1.82) is 0 Å². The molecule has 32 heavy (non-hydrogen) atoms. The van der Waals surface area contributed by atoms with Crippen molar-refractivity contribution in [2.24, 2.45) is 0 Å². The minimum absolute atomic E-state index is 0.00601. The molecule has 1 aliphatic rings. The molecule has 1 amide bonds. The standard InChI is InChI=1S/C25H25BrFN3O2/c1-16-14-22(17(2)30(16)21-7-5-20(26)6-8-21)25(32)29-12-10-28(11-13-29)24-9-4-19(18(3)31)15-23(24)27/h4-9,14-15H,10-13H2,1-3H3. The molecule has 0 aliphatic carbocycles. The summed E-state index contributed by atoms with van der Waals surface area (Å²) in [6.45, 7) is 7.47. The van der Waals surface area contributed by atoms with Crippen molar-refractivity contribution in [3.8, 4) is 5.69 Å². The molecule has 2 heterocycles. The first kappa shape index (κ1) is 22.3. The van der Waals surface area contributed by atoms with Gasteiger partial charge in [0, 0.05) is 53.3 Å². The molecule has 0 saturated carbocycles. The predicted molar refractivity (Wildman–Crippen MR) is 127 cm³/mol. The van der Waals surface area contributed by atoms with Gasteiger partial charge in [-0.3, -0.25) is 9.59 Å². The molecule has 1 fully saturated rings. The quantitative estimate of drug-likeness (QED) is 0.467. The van der Waals surface area contributed by atoms with Gasteiger partial charge in [-0.05, 0) is 69.3 Å². The largest absolute Gasteiger partial charge is 0.366 e. The maximum absolute atomic E-state index is 14.5.